The molecule has 1 unspecified atom stereocenters. The highest BCUT2D eigenvalue weighted by molar-refractivity contribution is 6.07. The van der Waals surface area contributed by atoms with Gasteiger partial charge < -0.3 is 4.90 Å². The van der Waals surface area contributed by atoms with Gasteiger partial charge in [0.25, 0.3) is 5.91 Å². The summed E-state index contributed by atoms with van der Waals surface area (Å²) in [5.74, 6) is 1.54. The molecule has 1 amide bonds. The summed E-state index contributed by atoms with van der Waals surface area (Å²) in [4.78, 5) is 29.5. The molecule has 5 nitrogen and oxygen atoms in total. The van der Waals surface area contributed by atoms with Crippen LogP contribution in [0.15, 0.2) is 36.7 Å². The molecule has 0 spiro atoms. The Hall–Kier alpha value is -2.82. The van der Waals surface area contributed by atoms with Crippen LogP contribution in [0.25, 0.3) is 22.2 Å². The SMILES string of the molecule is Cc1ccc2c(C(=O)N3CCCCC3C)cc(-c3cnc(C4CC4)nc3)nc2c1. The minimum atomic E-state index is 0.102. The lowest BCUT2D eigenvalue weighted by Crippen LogP contribution is -2.42. The zero-order chi connectivity index (χ0) is 20.0. The fraction of sp³-hybridized carbons (Fsp3) is 0.417. The number of piperidine rings is 1. The third kappa shape index (κ3) is 3.50. The van der Waals surface area contributed by atoms with E-state index in [1.807, 2.05) is 35.5 Å². The maximum atomic E-state index is 13.5. The lowest BCUT2D eigenvalue weighted by molar-refractivity contribution is 0.0637. The van der Waals surface area contributed by atoms with Crippen LogP contribution in [0.4, 0.5) is 0 Å². The fourth-order valence-corrected chi connectivity index (χ4v) is 4.24. The standard InChI is InChI=1S/C24H26N4O/c1-15-6-9-19-20(24(29)28-10-4-3-5-16(28)2)12-21(27-22(19)11-15)18-13-25-23(26-14-18)17-7-8-17/h6,9,11-14,16-17H,3-5,7-8,10H2,1-2H3. The Morgan fingerprint density at radius 1 is 1.07 bits per heavy atom. The van der Waals surface area contributed by atoms with E-state index in [0.29, 0.717) is 5.92 Å². The van der Waals surface area contributed by atoms with E-state index in [4.69, 9.17) is 4.98 Å². The lowest BCUT2D eigenvalue weighted by atomic mass is 9.99. The van der Waals surface area contributed by atoms with Crippen molar-refractivity contribution in [2.24, 2.45) is 0 Å². The second kappa shape index (κ2) is 7.21. The fourth-order valence-electron chi connectivity index (χ4n) is 4.24. The van der Waals surface area contributed by atoms with E-state index >= 15 is 0 Å². The first-order valence-electron chi connectivity index (χ1n) is 10.6. The van der Waals surface area contributed by atoms with Crippen molar-refractivity contribution in [2.75, 3.05) is 6.54 Å². The van der Waals surface area contributed by atoms with Crippen molar-refractivity contribution in [1.82, 2.24) is 19.9 Å². The summed E-state index contributed by atoms with van der Waals surface area (Å²) in [6.45, 7) is 5.02. The summed E-state index contributed by atoms with van der Waals surface area (Å²) in [7, 11) is 0. The van der Waals surface area contributed by atoms with Crippen molar-refractivity contribution in [1.29, 1.82) is 0 Å². The summed E-state index contributed by atoms with van der Waals surface area (Å²) >= 11 is 0. The van der Waals surface area contributed by atoms with Crippen LogP contribution >= 0.6 is 0 Å². The van der Waals surface area contributed by atoms with Crippen molar-refractivity contribution in [3.8, 4) is 11.3 Å². The van der Waals surface area contributed by atoms with Crippen LogP contribution in [0.2, 0.25) is 0 Å². The number of carbonyl (C=O) groups excluding carboxylic acids is 1. The molecule has 1 saturated carbocycles. The predicted octanol–water partition coefficient (Wildman–Crippen LogP) is 4.89. The third-order valence-corrected chi connectivity index (χ3v) is 6.17. The number of hydrogen-bond donors (Lipinski definition) is 0. The van der Waals surface area contributed by atoms with Gasteiger partial charge in [-0.2, -0.15) is 0 Å². The summed E-state index contributed by atoms with van der Waals surface area (Å²) in [6, 6.07) is 8.32. The Bertz CT molecular complexity index is 1070. The molecule has 3 heterocycles. The molecule has 2 aromatic heterocycles. The van der Waals surface area contributed by atoms with E-state index in [9.17, 15) is 4.79 Å². The van der Waals surface area contributed by atoms with Crippen LogP contribution in [-0.4, -0.2) is 38.3 Å². The van der Waals surface area contributed by atoms with Gasteiger partial charge in [-0.3, -0.25) is 4.79 Å². The molecule has 5 heteroatoms. The van der Waals surface area contributed by atoms with Crippen molar-refractivity contribution in [2.45, 2.75) is 57.9 Å². The van der Waals surface area contributed by atoms with Crippen molar-refractivity contribution >= 4 is 16.8 Å². The van der Waals surface area contributed by atoms with Crippen LogP contribution in [-0.2, 0) is 0 Å². The minimum absolute atomic E-state index is 0.102. The molecule has 5 rings (SSSR count). The van der Waals surface area contributed by atoms with E-state index < -0.39 is 0 Å². The van der Waals surface area contributed by atoms with Gasteiger partial charge in [0.2, 0.25) is 0 Å². The number of rotatable bonds is 3. The number of carbonyl (C=O) groups is 1. The van der Waals surface area contributed by atoms with Gasteiger partial charge in [-0.15, -0.1) is 0 Å². The molecular weight excluding hydrogens is 360 g/mol. The summed E-state index contributed by atoms with van der Waals surface area (Å²) in [6.07, 6.45) is 9.39. The molecule has 1 aromatic carbocycles. The zero-order valence-electron chi connectivity index (χ0n) is 17.1. The predicted molar refractivity (Wildman–Crippen MR) is 114 cm³/mol. The molecule has 29 heavy (non-hydrogen) atoms. The average molecular weight is 386 g/mol. The van der Waals surface area contributed by atoms with Gasteiger partial charge in [0, 0.05) is 41.8 Å². The van der Waals surface area contributed by atoms with Gasteiger partial charge in [-0.1, -0.05) is 12.1 Å². The molecule has 1 atom stereocenters. The lowest BCUT2D eigenvalue weighted by Gasteiger charge is -2.33. The monoisotopic (exact) mass is 386 g/mol. The first-order valence-corrected chi connectivity index (χ1v) is 10.6. The van der Waals surface area contributed by atoms with Crippen LogP contribution < -0.4 is 0 Å². The van der Waals surface area contributed by atoms with Crippen molar-refractivity contribution < 1.29 is 4.79 Å². The Labute approximate surface area is 171 Å². The Morgan fingerprint density at radius 2 is 1.86 bits per heavy atom. The van der Waals surface area contributed by atoms with Gasteiger partial charge in [-0.25, -0.2) is 15.0 Å². The molecule has 0 radical (unpaired) electrons. The average Bonchev–Trinajstić information content (AvgIpc) is 3.58. The smallest absolute Gasteiger partial charge is 0.254 e. The quantitative estimate of drug-likeness (QED) is 0.643. The highest BCUT2D eigenvalue weighted by atomic mass is 16.2. The normalized spacial score (nSPS) is 19.5. The van der Waals surface area contributed by atoms with E-state index in [2.05, 4.69) is 29.9 Å². The van der Waals surface area contributed by atoms with E-state index in [1.54, 1.807) is 0 Å². The summed E-state index contributed by atoms with van der Waals surface area (Å²) in [5, 5.41) is 0.914. The molecular formula is C24H26N4O. The summed E-state index contributed by atoms with van der Waals surface area (Å²) in [5.41, 5.74) is 4.33. The van der Waals surface area contributed by atoms with Crippen LogP contribution in [0.1, 0.15) is 66.7 Å². The number of amides is 1. The van der Waals surface area contributed by atoms with Gasteiger partial charge in [0.1, 0.15) is 5.82 Å². The molecule has 1 saturated heterocycles. The molecule has 1 aliphatic heterocycles. The molecule has 2 fully saturated rings. The number of aromatic nitrogens is 3. The van der Waals surface area contributed by atoms with Crippen molar-refractivity contribution in [3.63, 3.8) is 0 Å². The highest BCUT2D eigenvalue weighted by Crippen LogP contribution is 2.38. The number of nitrogens with zero attached hydrogens (tertiary/aromatic N) is 4. The molecule has 3 aromatic rings. The summed E-state index contributed by atoms with van der Waals surface area (Å²) < 4.78 is 0. The number of pyridine rings is 1. The first-order chi connectivity index (χ1) is 14.1. The van der Waals surface area contributed by atoms with Crippen LogP contribution in [0.3, 0.4) is 0 Å². The van der Waals surface area contributed by atoms with Gasteiger partial charge >= 0.3 is 0 Å². The van der Waals surface area contributed by atoms with Gasteiger partial charge in [0.05, 0.1) is 16.8 Å². The van der Waals surface area contributed by atoms with Crippen molar-refractivity contribution in [3.05, 3.63) is 53.6 Å². The Balaban J connectivity index is 1.60. The maximum Gasteiger partial charge on any atom is 0.254 e. The molecule has 2 aliphatic rings. The van der Waals surface area contributed by atoms with E-state index in [-0.39, 0.29) is 11.9 Å². The number of aryl methyl sites for hydroxylation is 1. The number of benzene rings is 1. The zero-order valence-corrected chi connectivity index (χ0v) is 17.1. The second-order valence-corrected chi connectivity index (χ2v) is 8.52. The highest BCUT2D eigenvalue weighted by Gasteiger charge is 2.27. The second-order valence-electron chi connectivity index (χ2n) is 8.52. The molecule has 0 bridgehead atoms. The van der Waals surface area contributed by atoms with Gasteiger partial charge in [-0.05, 0) is 63.6 Å². The van der Waals surface area contributed by atoms with E-state index in [1.165, 1.54) is 19.3 Å². The minimum Gasteiger partial charge on any atom is -0.336 e. The third-order valence-electron chi connectivity index (χ3n) is 6.17. The van der Waals surface area contributed by atoms with Crippen LogP contribution in [0, 0.1) is 6.92 Å². The number of hydrogen-bond acceptors (Lipinski definition) is 4. The first kappa shape index (κ1) is 18.2. The largest absolute Gasteiger partial charge is 0.336 e. The Morgan fingerprint density at radius 3 is 2.59 bits per heavy atom. The number of likely N-dealkylation sites (tertiary alicyclic amines) is 1. The maximum absolute atomic E-state index is 13.5. The Kier molecular flexibility index (Phi) is 4.53. The van der Waals surface area contributed by atoms with Crippen LogP contribution in [0.5, 0.6) is 0 Å². The van der Waals surface area contributed by atoms with Gasteiger partial charge in [0.15, 0.2) is 0 Å². The topological polar surface area (TPSA) is 59.0 Å². The molecule has 148 valence electrons. The molecule has 0 N–H and O–H groups in total. The van der Waals surface area contributed by atoms with E-state index in [0.717, 1.165) is 58.5 Å². The number of fused-ring (bicyclic) bond motifs is 1. The molecule has 1 aliphatic carbocycles.